The van der Waals surface area contributed by atoms with Gasteiger partial charge in [-0.05, 0) is 43.6 Å². The highest BCUT2D eigenvalue weighted by atomic mass is 32.2. The van der Waals surface area contributed by atoms with E-state index in [-0.39, 0.29) is 17.8 Å². The van der Waals surface area contributed by atoms with Crippen LogP contribution in [-0.4, -0.2) is 32.6 Å². The first kappa shape index (κ1) is 20.0. The molecule has 7 heteroatoms. The smallest absolute Gasteiger partial charge is 0.316 e. The second-order valence-corrected chi connectivity index (χ2v) is 8.84. The van der Waals surface area contributed by atoms with Gasteiger partial charge in [-0.1, -0.05) is 39.0 Å². The van der Waals surface area contributed by atoms with E-state index in [2.05, 4.69) is 31.0 Å². The summed E-state index contributed by atoms with van der Waals surface area (Å²) < 4.78 is 13.1. The van der Waals surface area contributed by atoms with Gasteiger partial charge in [-0.3, -0.25) is 4.79 Å². The number of ether oxygens (including phenoxy) is 1. The van der Waals surface area contributed by atoms with Crippen molar-refractivity contribution in [3.05, 3.63) is 18.1 Å². The van der Waals surface area contributed by atoms with Gasteiger partial charge in [0.15, 0.2) is 11.0 Å². The second kappa shape index (κ2) is 8.50. The standard InChI is InChI=1S/C20H29N3O3S/c1-12(2)15-7-6-13(3)10-17(15)26-18(24)11-27-20-22-21-19(23(20)5)16-8-9-25-14(16)4/h8-9,12-13,15,17H,6-7,10-11H2,1-5H3/t13-,15+,17+/m1/s1. The first-order chi connectivity index (χ1) is 12.9. The number of aryl methyl sites for hydroxylation is 1. The topological polar surface area (TPSA) is 70.2 Å². The molecule has 0 N–H and O–H groups in total. The zero-order chi connectivity index (χ0) is 19.6. The van der Waals surface area contributed by atoms with Crippen molar-refractivity contribution in [1.82, 2.24) is 14.8 Å². The summed E-state index contributed by atoms with van der Waals surface area (Å²) in [6, 6.07) is 1.87. The Hall–Kier alpha value is -1.76. The Balaban J connectivity index is 1.59. The van der Waals surface area contributed by atoms with E-state index in [4.69, 9.17) is 9.15 Å². The number of carbonyl (C=O) groups is 1. The van der Waals surface area contributed by atoms with Crippen molar-refractivity contribution in [2.45, 2.75) is 58.2 Å². The van der Waals surface area contributed by atoms with Gasteiger partial charge in [0.25, 0.3) is 0 Å². The van der Waals surface area contributed by atoms with E-state index in [1.165, 1.54) is 18.2 Å². The Morgan fingerprint density at radius 2 is 2.19 bits per heavy atom. The number of rotatable bonds is 6. The summed E-state index contributed by atoms with van der Waals surface area (Å²) in [5.74, 6) is 3.21. The van der Waals surface area contributed by atoms with E-state index in [0.717, 1.165) is 30.0 Å². The van der Waals surface area contributed by atoms with Gasteiger partial charge in [0.2, 0.25) is 0 Å². The summed E-state index contributed by atoms with van der Waals surface area (Å²) in [5.41, 5.74) is 0.912. The average Bonchev–Trinajstić information content (AvgIpc) is 3.18. The van der Waals surface area contributed by atoms with Gasteiger partial charge >= 0.3 is 5.97 Å². The van der Waals surface area contributed by atoms with E-state index in [1.54, 1.807) is 6.26 Å². The number of furan rings is 1. The number of esters is 1. The van der Waals surface area contributed by atoms with Gasteiger partial charge in [-0.15, -0.1) is 10.2 Å². The molecule has 2 aromatic rings. The second-order valence-electron chi connectivity index (χ2n) is 7.90. The van der Waals surface area contributed by atoms with Crippen LogP contribution in [0.4, 0.5) is 0 Å². The van der Waals surface area contributed by atoms with Crippen LogP contribution in [-0.2, 0) is 16.6 Å². The first-order valence-electron chi connectivity index (χ1n) is 9.63. The number of nitrogens with zero attached hydrogens (tertiary/aromatic N) is 3. The number of hydrogen-bond acceptors (Lipinski definition) is 6. The summed E-state index contributed by atoms with van der Waals surface area (Å²) >= 11 is 1.36. The molecule has 0 saturated heterocycles. The van der Waals surface area contributed by atoms with Gasteiger partial charge in [0.1, 0.15) is 11.9 Å². The summed E-state index contributed by atoms with van der Waals surface area (Å²) in [6.07, 6.45) is 5.00. The van der Waals surface area contributed by atoms with Crippen LogP contribution < -0.4 is 0 Å². The van der Waals surface area contributed by atoms with E-state index in [1.807, 2.05) is 24.6 Å². The fourth-order valence-corrected chi connectivity index (χ4v) is 4.56. The lowest BCUT2D eigenvalue weighted by molar-refractivity contribution is -0.152. The maximum absolute atomic E-state index is 12.4. The highest BCUT2D eigenvalue weighted by Gasteiger charge is 2.33. The minimum Gasteiger partial charge on any atom is -0.469 e. The van der Waals surface area contributed by atoms with Crippen molar-refractivity contribution >= 4 is 17.7 Å². The molecule has 0 amide bonds. The van der Waals surface area contributed by atoms with Crippen LogP contribution >= 0.6 is 11.8 Å². The zero-order valence-corrected chi connectivity index (χ0v) is 17.6. The molecule has 1 aliphatic rings. The van der Waals surface area contributed by atoms with Crippen LogP contribution in [0.15, 0.2) is 21.9 Å². The van der Waals surface area contributed by atoms with Gasteiger partial charge in [0, 0.05) is 7.05 Å². The third-order valence-corrected chi connectivity index (χ3v) is 6.49. The zero-order valence-electron chi connectivity index (χ0n) is 16.8. The summed E-state index contributed by atoms with van der Waals surface area (Å²) in [4.78, 5) is 12.4. The lowest BCUT2D eigenvalue weighted by atomic mass is 9.75. The Bertz CT molecular complexity index is 783. The molecule has 0 radical (unpaired) electrons. The van der Waals surface area contributed by atoms with Crippen molar-refractivity contribution in [3.63, 3.8) is 0 Å². The maximum Gasteiger partial charge on any atom is 0.316 e. The number of carbonyl (C=O) groups excluding carboxylic acids is 1. The highest BCUT2D eigenvalue weighted by molar-refractivity contribution is 7.99. The fourth-order valence-electron chi connectivity index (χ4n) is 3.87. The molecule has 3 rings (SSSR count). The first-order valence-corrected chi connectivity index (χ1v) is 10.6. The maximum atomic E-state index is 12.4. The van der Waals surface area contributed by atoms with Crippen molar-refractivity contribution in [2.24, 2.45) is 24.8 Å². The molecule has 6 nitrogen and oxygen atoms in total. The van der Waals surface area contributed by atoms with Gasteiger partial charge < -0.3 is 13.7 Å². The predicted octanol–water partition coefficient (Wildman–Crippen LogP) is 4.48. The number of aromatic nitrogens is 3. The molecule has 1 fully saturated rings. The molecule has 1 aliphatic carbocycles. The van der Waals surface area contributed by atoms with Crippen LogP contribution in [0.3, 0.4) is 0 Å². The van der Waals surface area contributed by atoms with E-state index in [9.17, 15) is 4.79 Å². The van der Waals surface area contributed by atoms with Crippen molar-refractivity contribution in [2.75, 3.05) is 5.75 Å². The molecular formula is C20H29N3O3S. The molecule has 1 saturated carbocycles. The van der Waals surface area contributed by atoms with E-state index >= 15 is 0 Å². The molecule has 0 bridgehead atoms. The lowest BCUT2D eigenvalue weighted by Gasteiger charge is -2.36. The Kier molecular flexibility index (Phi) is 6.29. The normalized spacial score (nSPS) is 23.0. The Labute approximate surface area is 165 Å². The van der Waals surface area contributed by atoms with Gasteiger partial charge in [-0.25, -0.2) is 0 Å². The van der Waals surface area contributed by atoms with Crippen molar-refractivity contribution in [1.29, 1.82) is 0 Å². The minimum absolute atomic E-state index is 0.0329. The van der Waals surface area contributed by atoms with Crippen molar-refractivity contribution < 1.29 is 13.9 Å². The lowest BCUT2D eigenvalue weighted by Crippen LogP contribution is -2.36. The van der Waals surface area contributed by atoms with Gasteiger partial charge in [-0.2, -0.15) is 0 Å². The summed E-state index contributed by atoms with van der Waals surface area (Å²) in [5, 5.41) is 9.15. The van der Waals surface area contributed by atoms with Crippen LogP contribution in [0.5, 0.6) is 0 Å². The number of hydrogen-bond donors (Lipinski definition) is 0. The monoisotopic (exact) mass is 391 g/mol. The van der Waals surface area contributed by atoms with Crippen LogP contribution in [0.2, 0.25) is 0 Å². The summed E-state index contributed by atoms with van der Waals surface area (Å²) in [7, 11) is 1.90. The molecule has 0 unspecified atom stereocenters. The Morgan fingerprint density at radius 3 is 2.85 bits per heavy atom. The van der Waals surface area contributed by atoms with Gasteiger partial charge in [0.05, 0.1) is 17.6 Å². The van der Waals surface area contributed by atoms with E-state index in [0.29, 0.717) is 22.9 Å². The average molecular weight is 392 g/mol. The van der Waals surface area contributed by atoms with Crippen LogP contribution in [0.25, 0.3) is 11.4 Å². The quantitative estimate of drug-likeness (QED) is 0.534. The molecule has 3 atom stereocenters. The predicted molar refractivity (Wildman–Crippen MR) is 105 cm³/mol. The molecule has 2 heterocycles. The SMILES string of the molecule is Cc1occc1-c1nnc(SCC(=O)O[C@H]2C[C@H](C)CC[C@H]2C(C)C)n1C. The number of thioether (sulfide) groups is 1. The van der Waals surface area contributed by atoms with Crippen molar-refractivity contribution in [3.8, 4) is 11.4 Å². The molecule has 2 aromatic heterocycles. The highest BCUT2D eigenvalue weighted by Crippen LogP contribution is 2.35. The molecule has 27 heavy (non-hydrogen) atoms. The molecule has 0 spiro atoms. The summed E-state index contributed by atoms with van der Waals surface area (Å²) in [6.45, 7) is 8.57. The largest absolute Gasteiger partial charge is 0.469 e. The molecule has 0 aliphatic heterocycles. The van der Waals surface area contributed by atoms with E-state index < -0.39 is 0 Å². The molecular weight excluding hydrogens is 362 g/mol. The molecule has 0 aromatic carbocycles. The van der Waals surface area contributed by atoms with Crippen LogP contribution in [0.1, 0.15) is 45.8 Å². The minimum atomic E-state index is -0.172. The molecule has 148 valence electrons. The fraction of sp³-hybridized carbons (Fsp3) is 0.650. The Morgan fingerprint density at radius 1 is 1.41 bits per heavy atom. The van der Waals surface area contributed by atoms with Crippen LogP contribution in [0, 0.1) is 24.7 Å². The third-order valence-electron chi connectivity index (χ3n) is 5.50. The third kappa shape index (κ3) is 4.57.